The maximum atomic E-state index is 10.6. The average Bonchev–Trinajstić information content (AvgIpc) is 2.23. The van der Waals surface area contributed by atoms with Gasteiger partial charge in [-0.25, -0.2) is 0 Å². The molecule has 0 saturated heterocycles. The molecule has 1 aromatic rings. The van der Waals surface area contributed by atoms with Crippen LogP contribution in [0.25, 0.3) is 10.4 Å². The normalized spacial score (nSPS) is 8.33. The highest BCUT2D eigenvalue weighted by Gasteiger charge is 1.94. The van der Waals surface area contributed by atoms with Crippen LogP contribution in [0.2, 0.25) is 0 Å². The molecule has 4 nitrogen and oxygen atoms in total. The van der Waals surface area contributed by atoms with Crippen LogP contribution in [0.1, 0.15) is 21.5 Å². The van der Waals surface area contributed by atoms with Crippen molar-refractivity contribution in [3.05, 3.63) is 45.3 Å². The lowest BCUT2D eigenvalue weighted by Gasteiger charge is -1.96. The number of azide groups is 1. The van der Waals surface area contributed by atoms with Crippen LogP contribution in [-0.2, 0) is 0 Å². The zero-order chi connectivity index (χ0) is 11.1. The van der Waals surface area contributed by atoms with E-state index in [0.717, 1.165) is 17.4 Å². The lowest BCUT2D eigenvalue weighted by atomic mass is 10.1. The van der Waals surface area contributed by atoms with Gasteiger partial charge in [0.25, 0.3) is 0 Å². The van der Waals surface area contributed by atoms with Gasteiger partial charge in [-0.15, -0.1) is 0 Å². The van der Waals surface area contributed by atoms with Crippen molar-refractivity contribution in [1.29, 1.82) is 0 Å². The molecule has 4 heteroatoms. The average molecular weight is 199 g/mol. The highest BCUT2D eigenvalue weighted by molar-refractivity contribution is 5.76. The summed E-state index contributed by atoms with van der Waals surface area (Å²) in [5.74, 6) is 5.52. The summed E-state index contributed by atoms with van der Waals surface area (Å²) in [5.41, 5.74) is 10.4. The molecule has 0 aliphatic carbocycles. The molecule has 74 valence electrons. The largest absolute Gasteiger partial charge is 0.298 e. The molecule has 0 amide bonds. The molecule has 0 aliphatic rings. The molecule has 0 fully saturated rings. The number of carbonyl (C=O) groups excluding carboxylic acids is 1. The van der Waals surface area contributed by atoms with Crippen molar-refractivity contribution in [3.63, 3.8) is 0 Å². The van der Waals surface area contributed by atoms with Crippen molar-refractivity contribution in [2.75, 3.05) is 6.54 Å². The maximum absolute atomic E-state index is 10.6. The Hall–Kier alpha value is -2.24. The quantitative estimate of drug-likeness (QED) is 0.237. The number of rotatable bonds is 2. The van der Waals surface area contributed by atoms with Gasteiger partial charge in [0.05, 0.1) is 6.54 Å². The first-order valence-corrected chi connectivity index (χ1v) is 4.33. The Morgan fingerprint density at radius 1 is 1.53 bits per heavy atom. The second-order valence-corrected chi connectivity index (χ2v) is 2.94. The number of hydrogen-bond donors (Lipinski definition) is 0. The first-order valence-electron chi connectivity index (χ1n) is 4.33. The molecule has 0 unspecified atom stereocenters. The van der Waals surface area contributed by atoms with E-state index in [1.807, 2.05) is 13.0 Å². The van der Waals surface area contributed by atoms with Crippen molar-refractivity contribution in [2.45, 2.75) is 6.92 Å². The van der Waals surface area contributed by atoms with Gasteiger partial charge in [0.15, 0.2) is 0 Å². The molecule has 0 radical (unpaired) electrons. The summed E-state index contributed by atoms with van der Waals surface area (Å²) in [5, 5.41) is 3.29. The summed E-state index contributed by atoms with van der Waals surface area (Å²) >= 11 is 0. The lowest BCUT2D eigenvalue weighted by Crippen LogP contribution is -1.85. The van der Waals surface area contributed by atoms with Crippen molar-refractivity contribution in [3.8, 4) is 11.8 Å². The smallest absolute Gasteiger partial charge is 0.150 e. The third-order valence-electron chi connectivity index (χ3n) is 1.68. The fraction of sp³-hybridized carbons (Fsp3) is 0.182. The molecule has 0 heterocycles. The number of aldehydes is 1. The molecule has 0 N–H and O–H groups in total. The van der Waals surface area contributed by atoms with Gasteiger partial charge < -0.3 is 0 Å². The number of hydrogen-bond acceptors (Lipinski definition) is 2. The van der Waals surface area contributed by atoms with Gasteiger partial charge in [0, 0.05) is 16.0 Å². The van der Waals surface area contributed by atoms with Crippen LogP contribution in [-0.4, -0.2) is 12.8 Å². The summed E-state index contributed by atoms with van der Waals surface area (Å²) in [6, 6.07) is 5.35. The fourth-order valence-electron chi connectivity index (χ4n) is 1.16. The number of nitrogens with zero attached hydrogens (tertiary/aromatic N) is 3. The van der Waals surface area contributed by atoms with E-state index in [2.05, 4.69) is 21.9 Å². The van der Waals surface area contributed by atoms with Crippen LogP contribution in [0, 0.1) is 18.8 Å². The van der Waals surface area contributed by atoms with Gasteiger partial charge in [-0.3, -0.25) is 4.79 Å². The summed E-state index contributed by atoms with van der Waals surface area (Å²) < 4.78 is 0. The van der Waals surface area contributed by atoms with Crippen LogP contribution >= 0.6 is 0 Å². The molecule has 0 saturated carbocycles. The number of aryl methyl sites for hydroxylation is 1. The molecular formula is C11H9N3O. The van der Waals surface area contributed by atoms with E-state index in [0.29, 0.717) is 5.56 Å². The number of benzene rings is 1. The molecule has 15 heavy (non-hydrogen) atoms. The maximum Gasteiger partial charge on any atom is 0.150 e. The topological polar surface area (TPSA) is 65.8 Å². The van der Waals surface area contributed by atoms with Crippen molar-refractivity contribution in [1.82, 2.24) is 0 Å². The first-order chi connectivity index (χ1) is 7.26. The zero-order valence-electron chi connectivity index (χ0n) is 8.27. The summed E-state index contributed by atoms with van der Waals surface area (Å²) in [6.45, 7) is 2.03. The van der Waals surface area contributed by atoms with E-state index in [9.17, 15) is 4.79 Å². The van der Waals surface area contributed by atoms with Crippen LogP contribution in [0.3, 0.4) is 0 Å². The summed E-state index contributed by atoms with van der Waals surface area (Å²) in [7, 11) is 0. The SMILES string of the molecule is Cc1cc(C#CCN=[N+]=[N-])cc(C=O)c1. The van der Waals surface area contributed by atoms with Gasteiger partial charge in [-0.1, -0.05) is 17.0 Å². The van der Waals surface area contributed by atoms with Gasteiger partial charge in [0.1, 0.15) is 6.29 Å². The van der Waals surface area contributed by atoms with Crippen molar-refractivity contribution >= 4 is 6.29 Å². The second kappa shape index (κ2) is 5.48. The van der Waals surface area contributed by atoms with Crippen LogP contribution in [0.15, 0.2) is 23.3 Å². The van der Waals surface area contributed by atoms with Gasteiger partial charge >= 0.3 is 0 Å². The molecule has 0 bridgehead atoms. The van der Waals surface area contributed by atoms with Crippen molar-refractivity contribution < 1.29 is 4.79 Å². The Morgan fingerprint density at radius 2 is 2.33 bits per heavy atom. The van der Waals surface area contributed by atoms with E-state index in [1.54, 1.807) is 12.1 Å². The van der Waals surface area contributed by atoms with Gasteiger partial charge in [0.2, 0.25) is 0 Å². The highest BCUT2D eigenvalue weighted by Crippen LogP contribution is 2.06. The van der Waals surface area contributed by atoms with Gasteiger partial charge in [-0.2, -0.15) is 0 Å². The molecule has 0 aliphatic heterocycles. The minimum atomic E-state index is 0.140. The first kappa shape index (κ1) is 10.8. The molecule has 1 rings (SSSR count). The Bertz CT molecular complexity index is 476. The molecular weight excluding hydrogens is 190 g/mol. The standard InChI is InChI=1S/C11H9N3O/c1-9-5-10(3-2-4-13-14-12)7-11(6-9)8-15/h5-8H,4H2,1H3. The van der Waals surface area contributed by atoms with Crippen molar-refractivity contribution in [2.24, 2.45) is 5.11 Å². The van der Waals surface area contributed by atoms with Crippen LogP contribution in [0.4, 0.5) is 0 Å². The Labute approximate surface area is 87.6 Å². The fourth-order valence-corrected chi connectivity index (χ4v) is 1.16. The molecule has 0 atom stereocenters. The highest BCUT2D eigenvalue weighted by atomic mass is 16.1. The van der Waals surface area contributed by atoms with E-state index in [4.69, 9.17) is 5.53 Å². The molecule has 0 aromatic heterocycles. The summed E-state index contributed by atoms with van der Waals surface area (Å²) in [4.78, 5) is 13.2. The van der Waals surface area contributed by atoms with E-state index in [1.165, 1.54) is 0 Å². The third-order valence-corrected chi connectivity index (χ3v) is 1.68. The monoisotopic (exact) mass is 199 g/mol. The second-order valence-electron chi connectivity index (χ2n) is 2.94. The van der Waals surface area contributed by atoms with E-state index >= 15 is 0 Å². The number of carbonyl (C=O) groups is 1. The van der Waals surface area contributed by atoms with Crippen LogP contribution < -0.4 is 0 Å². The molecule has 0 spiro atoms. The zero-order valence-corrected chi connectivity index (χ0v) is 8.27. The van der Waals surface area contributed by atoms with E-state index < -0.39 is 0 Å². The minimum Gasteiger partial charge on any atom is -0.298 e. The van der Waals surface area contributed by atoms with E-state index in [-0.39, 0.29) is 6.54 Å². The third kappa shape index (κ3) is 3.55. The summed E-state index contributed by atoms with van der Waals surface area (Å²) in [6.07, 6.45) is 0.783. The lowest BCUT2D eigenvalue weighted by molar-refractivity contribution is 0.112. The minimum absolute atomic E-state index is 0.140. The van der Waals surface area contributed by atoms with Crippen LogP contribution in [0.5, 0.6) is 0 Å². The Morgan fingerprint density at radius 3 is 3.00 bits per heavy atom. The predicted octanol–water partition coefficient (Wildman–Crippen LogP) is 2.47. The predicted molar refractivity (Wildman–Crippen MR) is 57.5 cm³/mol. The Balaban J connectivity index is 2.92. The molecule has 1 aromatic carbocycles. The Kier molecular flexibility index (Phi) is 3.96. The van der Waals surface area contributed by atoms with Gasteiger partial charge in [-0.05, 0) is 36.2 Å².